The Morgan fingerprint density at radius 1 is 0.750 bits per heavy atom. The summed E-state index contributed by atoms with van der Waals surface area (Å²) in [6.45, 7) is 0. The summed E-state index contributed by atoms with van der Waals surface area (Å²) in [6.07, 6.45) is 3.45. The minimum Gasteiger partial charge on any atom is -0.252 e. The Labute approximate surface area is 125 Å². The van der Waals surface area contributed by atoms with Crippen LogP contribution in [0.15, 0.2) is 53.3 Å². The van der Waals surface area contributed by atoms with Gasteiger partial charge in [-0.05, 0) is 22.9 Å². The highest BCUT2D eigenvalue weighted by atomic mass is 79.9. The molecule has 0 amide bonds. The van der Waals surface area contributed by atoms with Gasteiger partial charge in [-0.25, -0.2) is 0 Å². The van der Waals surface area contributed by atoms with Gasteiger partial charge < -0.3 is 0 Å². The second-order valence-corrected chi connectivity index (χ2v) is 5.66. The summed E-state index contributed by atoms with van der Waals surface area (Å²) in [5.41, 5.74) is 2.59. The van der Waals surface area contributed by atoms with Crippen LogP contribution in [0.5, 0.6) is 0 Å². The third-order valence-corrected chi connectivity index (χ3v) is 4.02. The maximum atomic E-state index is 5.95. The largest absolute Gasteiger partial charge is 0.252 e. The molecule has 0 atom stereocenters. The van der Waals surface area contributed by atoms with Crippen molar-refractivity contribution in [2.24, 2.45) is 0 Å². The lowest BCUT2D eigenvalue weighted by Crippen LogP contribution is -2.00. The Hall–Kier alpha value is -1.94. The molecule has 0 aliphatic carbocycles. The molecule has 4 aromatic rings. The number of benzene rings is 3. The van der Waals surface area contributed by atoms with E-state index in [1.807, 2.05) is 24.3 Å². The molecule has 1 aromatic heterocycles. The molecule has 92 valence electrons. The third-order valence-electron chi connectivity index (χ3n) is 3.52. The van der Waals surface area contributed by atoms with Crippen LogP contribution in [0.3, 0.4) is 0 Å². The van der Waals surface area contributed by atoms with Gasteiger partial charge in [0.15, 0.2) is 0 Å². The van der Waals surface area contributed by atoms with Gasteiger partial charge in [0.2, 0.25) is 0 Å². The molecule has 4 rings (SSSR count). The van der Waals surface area contributed by atoms with Crippen molar-refractivity contribution < 1.29 is 0 Å². The van der Waals surface area contributed by atoms with Crippen LogP contribution in [0, 0.1) is 0 Å². The molecule has 1 heterocycles. The van der Waals surface area contributed by atoms with E-state index in [0.717, 1.165) is 42.5 Å². The molecular weight excluding hydrogens is 311 g/mol. The molecule has 3 aromatic carbocycles. The minimum atomic E-state index is 0.752. The van der Waals surface area contributed by atoms with Gasteiger partial charge in [-0.2, -0.15) is 0 Å². The minimum absolute atomic E-state index is 0.752. The van der Waals surface area contributed by atoms with Crippen LogP contribution in [0.4, 0.5) is 0 Å². The molecule has 0 spiro atoms. The first kappa shape index (κ1) is 11.9. The van der Waals surface area contributed by atoms with Crippen LogP contribution in [0.1, 0.15) is 0 Å². The molecular formula is C16H8BBrN2. The molecule has 0 unspecified atom stereocenters. The molecule has 2 radical (unpaired) electrons. The normalized spacial score (nSPS) is 11.4. The fourth-order valence-electron chi connectivity index (χ4n) is 2.67. The van der Waals surface area contributed by atoms with Crippen LogP contribution in [0.25, 0.3) is 32.6 Å². The smallest absolute Gasteiger partial charge is 0.113 e. The van der Waals surface area contributed by atoms with Gasteiger partial charge in [0, 0.05) is 27.6 Å². The summed E-state index contributed by atoms with van der Waals surface area (Å²) in [4.78, 5) is 9.00. The van der Waals surface area contributed by atoms with E-state index in [9.17, 15) is 0 Å². The van der Waals surface area contributed by atoms with Crippen LogP contribution < -0.4 is 5.46 Å². The zero-order chi connectivity index (χ0) is 13.7. The molecule has 0 saturated carbocycles. The van der Waals surface area contributed by atoms with Gasteiger partial charge in [-0.15, -0.1) is 0 Å². The summed E-state index contributed by atoms with van der Waals surface area (Å²) in [5.74, 6) is 0. The SMILES string of the molecule is [B]c1ccc2c(c1)c1cc(Br)ccc1c1nccnc21. The lowest BCUT2D eigenvalue weighted by Gasteiger charge is -2.09. The van der Waals surface area contributed by atoms with Crippen LogP contribution >= 0.6 is 15.9 Å². The van der Waals surface area contributed by atoms with Crippen LogP contribution in [0.2, 0.25) is 0 Å². The van der Waals surface area contributed by atoms with E-state index in [1.165, 1.54) is 0 Å². The van der Waals surface area contributed by atoms with E-state index in [1.54, 1.807) is 12.4 Å². The standard InChI is InChI=1S/C16H8BBrN2/c17-9-1-3-11-13(7-9)14-8-10(18)2-4-12(14)16-15(11)19-5-6-20-16/h1-8H. The van der Waals surface area contributed by atoms with Crippen molar-refractivity contribution in [1.29, 1.82) is 0 Å². The average molecular weight is 319 g/mol. The zero-order valence-corrected chi connectivity index (χ0v) is 12.1. The Balaban J connectivity index is 2.41. The van der Waals surface area contributed by atoms with Gasteiger partial charge >= 0.3 is 0 Å². The lowest BCUT2D eigenvalue weighted by molar-refractivity contribution is 1.31. The average Bonchev–Trinajstić information content (AvgIpc) is 2.47. The predicted molar refractivity (Wildman–Crippen MR) is 87.6 cm³/mol. The Kier molecular flexibility index (Phi) is 2.54. The fraction of sp³-hybridized carbons (Fsp3) is 0. The number of aromatic nitrogens is 2. The van der Waals surface area contributed by atoms with Crippen molar-refractivity contribution in [3.63, 3.8) is 0 Å². The highest BCUT2D eigenvalue weighted by molar-refractivity contribution is 9.10. The molecule has 0 N–H and O–H groups in total. The van der Waals surface area contributed by atoms with Gasteiger partial charge in [-0.1, -0.05) is 45.7 Å². The fourth-order valence-corrected chi connectivity index (χ4v) is 3.03. The Morgan fingerprint density at radius 3 is 2.05 bits per heavy atom. The summed E-state index contributed by atoms with van der Waals surface area (Å²) in [7, 11) is 5.95. The van der Waals surface area contributed by atoms with Crippen molar-refractivity contribution in [3.8, 4) is 0 Å². The van der Waals surface area contributed by atoms with E-state index in [-0.39, 0.29) is 0 Å². The van der Waals surface area contributed by atoms with Crippen LogP contribution in [-0.4, -0.2) is 17.8 Å². The molecule has 0 aliphatic heterocycles. The summed E-state index contributed by atoms with van der Waals surface area (Å²) >= 11 is 3.53. The highest BCUT2D eigenvalue weighted by Gasteiger charge is 2.10. The predicted octanol–water partition coefficient (Wildman–Crippen LogP) is 3.49. The van der Waals surface area contributed by atoms with Crippen LogP contribution in [-0.2, 0) is 0 Å². The molecule has 0 saturated heterocycles. The first-order valence-electron chi connectivity index (χ1n) is 6.25. The number of fused-ring (bicyclic) bond motifs is 6. The summed E-state index contributed by atoms with van der Waals surface area (Å²) < 4.78 is 1.04. The topological polar surface area (TPSA) is 25.8 Å². The third kappa shape index (κ3) is 1.65. The van der Waals surface area contributed by atoms with E-state index in [0.29, 0.717) is 0 Å². The van der Waals surface area contributed by atoms with Crippen molar-refractivity contribution in [3.05, 3.63) is 53.3 Å². The lowest BCUT2D eigenvalue weighted by atomic mass is 9.91. The van der Waals surface area contributed by atoms with Crippen molar-refractivity contribution in [1.82, 2.24) is 9.97 Å². The van der Waals surface area contributed by atoms with Gasteiger partial charge in [0.1, 0.15) is 7.85 Å². The summed E-state index contributed by atoms with van der Waals surface area (Å²) in [6, 6.07) is 12.1. The Bertz CT molecular complexity index is 902. The maximum absolute atomic E-state index is 5.95. The quantitative estimate of drug-likeness (QED) is 0.366. The molecule has 4 heteroatoms. The van der Waals surface area contributed by atoms with Crippen molar-refractivity contribution in [2.75, 3.05) is 0 Å². The van der Waals surface area contributed by atoms with Gasteiger partial charge in [0.25, 0.3) is 0 Å². The number of hydrogen-bond acceptors (Lipinski definition) is 2. The molecule has 0 aliphatic rings. The molecule has 20 heavy (non-hydrogen) atoms. The number of hydrogen-bond donors (Lipinski definition) is 0. The molecule has 0 bridgehead atoms. The second-order valence-electron chi connectivity index (χ2n) is 4.75. The number of halogens is 1. The summed E-state index contributed by atoms with van der Waals surface area (Å²) in [5, 5.41) is 4.41. The Morgan fingerprint density at radius 2 is 1.35 bits per heavy atom. The van der Waals surface area contributed by atoms with E-state index in [2.05, 4.69) is 38.0 Å². The van der Waals surface area contributed by atoms with Gasteiger partial charge in [0.05, 0.1) is 11.0 Å². The van der Waals surface area contributed by atoms with Crippen molar-refractivity contribution >= 4 is 61.8 Å². The number of rotatable bonds is 0. The monoisotopic (exact) mass is 318 g/mol. The first-order valence-corrected chi connectivity index (χ1v) is 7.04. The maximum Gasteiger partial charge on any atom is 0.113 e. The number of nitrogens with zero attached hydrogens (tertiary/aromatic N) is 2. The van der Waals surface area contributed by atoms with Crippen molar-refractivity contribution in [2.45, 2.75) is 0 Å². The molecule has 2 nitrogen and oxygen atoms in total. The zero-order valence-electron chi connectivity index (χ0n) is 10.5. The first-order chi connectivity index (χ1) is 9.74. The van der Waals surface area contributed by atoms with E-state index >= 15 is 0 Å². The highest BCUT2D eigenvalue weighted by Crippen LogP contribution is 2.33. The second kappa shape index (κ2) is 4.28. The van der Waals surface area contributed by atoms with E-state index in [4.69, 9.17) is 7.85 Å². The molecule has 0 fully saturated rings. The van der Waals surface area contributed by atoms with E-state index < -0.39 is 0 Å². The van der Waals surface area contributed by atoms with Gasteiger partial charge in [-0.3, -0.25) is 9.97 Å².